The molecule has 0 atom stereocenters. The third-order valence-corrected chi connectivity index (χ3v) is 2.90. The van der Waals surface area contributed by atoms with Crippen LogP contribution < -0.4 is 11.1 Å². The Morgan fingerprint density at radius 3 is 2.93 bits per heavy atom. The van der Waals surface area contributed by atoms with Crippen LogP contribution in [0.25, 0.3) is 0 Å². The average Bonchev–Trinajstić information content (AvgIpc) is 3.08. The average molecular weight is 205 g/mol. The molecule has 0 aromatic carbocycles. The molecule has 4 nitrogen and oxygen atoms in total. The lowest BCUT2D eigenvalue weighted by molar-refractivity contribution is -0.126. The van der Waals surface area contributed by atoms with Gasteiger partial charge in [0.25, 0.3) is 0 Å². The molecule has 0 bridgehead atoms. The molecule has 4 heteroatoms. The fourth-order valence-electron chi connectivity index (χ4n) is 1.55. The Labute approximate surface area is 88.9 Å². The zero-order valence-electron chi connectivity index (χ0n) is 8.57. The van der Waals surface area contributed by atoms with Gasteiger partial charge in [0.1, 0.15) is 0 Å². The van der Waals surface area contributed by atoms with E-state index in [0.29, 0.717) is 13.1 Å². The van der Waals surface area contributed by atoms with Gasteiger partial charge in [-0.3, -0.25) is 9.78 Å². The van der Waals surface area contributed by atoms with E-state index in [1.807, 2.05) is 12.1 Å². The van der Waals surface area contributed by atoms with Gasteiger partial charge in [-0.25, -0.2) is 0 Å². The van der Waals surface area contributed by atoms with Gasteiger partial charge in [-0.2, -0.15) is 0 Å². The molecule has 0 radical (unpaired) electrons. The summed E-state index contributed by atoms with van der Waals surface area (Å²) in [7, 11) is 0. The van der Waals surface area contributed by atoms with E-state index in [0.717, 1.165) is 18.4 Å². The van der Waals surface area contributed by atoms with Gasteiger partial charge >= 0.3 is 0 Å². The summed E-state index contributed by atoms with van der Waals surface area (Å²) in [6.45, 7) is 0.986. The molecule has 0 unspecified atom stereocenters. The number of nitrogens with two attached hydrogens (primary N) is 1. The van der Waals surface area contributed by atoms with Crippen molar-refractivity contribution < 1.29 is 4.79 Å². The Bertz CT molecular complexity index is 346. The van der Waals surface area contributed by atoms with Crippen molar-refractivity contribution in [1.29, 1.82) is 0 Å². The summed E-state index contributed by atoms with van der Waals surface area (Å²) in [5.74, 6) is 0.0776. The van der Waals surface area contributed by atoms with Crippen LogP contribution in [0.2, 0.25) is 0 Å². The Balaban J connectivity index is 1.86. The van der Waals surface area contributed by atoms with E-state index in [1.165, 1.54) is 0 Å². The summed E-state index contributed by atoms with van der Waals surface area (Å²) in [6, 6.07) is 3.80. The standard InChI is InChI=1S/C11H15N3O/c12-8-11(3-4-11)10(15)14-7-9-2-1-5-13-6-9/h1-2,5-6H,3-4,7-8,12H2,(H,14,15). The third-order valence-electron chi connectivity index (χ3n) is 2.90. The molecule has 1 fully saturated rings. The first-order valence-electron chi connectivity index (χ1n) is 5.14. The maximum Gasteiger partial charge on any atom is 0.227 e. The molecule has 1 aromatic heterocycles. The van der Waals surface area contributed by atoms with Gasteiger partial charge < -0.3 is 11.1 Å². The lowest BCUT2D eigenvalue weighted by Crippen LogP contribution is -2.36. The highest BCUT2D eigenvalue weighted by Crippen LogP contribution is 2.44. The second kappa shape index (κ2) is 3.98. The third kappa shape index (κ3) is 2.15. The fraction of sp³-hybridized carbons (Fsp3) is 0.455. The predicted octanol–water partition coefficient (Wildman–Crippen LogP) is 0.437. The molecule has 1 amide bonds. The molecule has 1 aliphatic carbocycles. The summed E-state index contributed by atoms with van der Waals surface area (Å²) >= 11 is 0. The molecule has 2 rings (SSSR count). The minimum Gasteiger partial charge on any atom is -0.351 e. The van der Waals surface area contributed by atoms with Crippen LogP contribution in [0.5, 0.6) is 0 Å². The lowest BCUT2D eigenvalue weighted by Gasteiger charge is -2.12. The summed E-state index contributed by atoms with van der Waals surface area (Å²) in [4.78, 5) is 15.7. The first kappa shape index (κ1) is 10.1. The zero-order chi connectivity index (χ0) is 10.7. The molecule has 0 spiro atoms. The summed E-state index contributed by atoms with van der Waals surface area (Å²) in [5, 5.41) is 2.89. The van der Waals surface area contributed by atoms with Crippen LogP contribution in [0, 0.1) is 5.41 Å². The van der Waals surface area contributed by atoms with Crippen molar-refractivity contribution >= 4 is 5.91 Å². The second-order valence-electron chi connectivity index (χ2n) is 4.03. The number of rotatable bonds is 4. The van der Waals surface area contributed by atoms with Gasteiger partial charge in [-0.15, -0.1) is 0 Å². The van der Waals surface area contributed by atoms with E-state index >= 15 is 0 Å². The van der Waals surface area contributed by atoms with Gasteiger partial charge in [0.15, 0.2) is 0 Å². The Hall–Kier alpha value is -1.42. The summed E-state index contributed by atoms with van der Waals surface area (Å²) < 4.78 is 0. The van der Waals surface area contributed by atoms with E-state index in [9.17, 15) is 4.79 Å². The highest BCUT2D eigenvalue weighted by atomic mass is 16.2. The van der Waals surface area contributed by atoms with Gasteiger partial charge in [0, 0.05) is 25.5 Å². The Kier molecular flexibility index (Phi) is 2.68. The number of amides is 1. The number of nitrogens with zero attached hydrogens (tertiary/aromatic N) is 1. The van der Waals surface area contributed by atoms with Gasteiger partial charge in [0.2, 0.25) is 5.91 Å². The molecular formula is C11H15N3O. The van der Waals surface area contributed by atoms with Crippen molar-refractivity contribution in [2.24, 2.45) is 11.1 Å². The van der Waals surface area contributed by atoms with Crippen LogP contribution >= 0.6 is 0 Å². The number of hydrogen-bond donors (Lipinski definition) is 2. The van der Waals surface area contributed by atoms with Crippen molar-refractivity contribution in [2.45, 2.75) is 19.4 Å². The van der Waals surface area contributed by atoms with Crippen molar-refractivity contribution in [3.8, 4) is 0 Å². The summed E-state index contributed by atoms with van der Waals surface area (Å²) in [6.07, 6.45) is 5.31. The molecule has 1 aliphatic rings. The minimum atomic E-state index is -0.262. The van der Waals surface area contributed by atoms with Crippen molar-refractivity contribution in [2.75, 3.05) is 6.54 Å². The molecule has 1 heterocycles. The maximum atomic E-state index is 11.7. The highest BCUT2D eigenvalue weighted by molar-refractivity contribution is 5.85. The largest absolute Gasteiger partial charge is 0.351 e. The molecule has 1 aromatic rings. The zero-order valence-corrected chi connectivity index (χ0v) is 8.57. The molecule has 0 aliphatic heterocycles. The highest BCUT2D eigenvalue weighted by Gasteiger charge is 2.48. The van der Waals surface area contributed by atoms with Crippen LogP contribution in [-0.2, 0) is 11.3 Å². The molecular weight excluding hydrogens is 190 g/mol. The number of nitrogens with one attached hydrogen (secondary N) is 1. The van der Waals surface area contributed by atoms with Crippen LogP contribution in [0.1, 0.15) is 18.4 Å². The molecule has 3 N–H and O–H groups in total. The van der Waals surface area contributed by atoms with E-state index in [2.05, 4.69) is 10.3 Å². The predicted molar refractivity (Wildman–Crippen MR) is 56.8 cm³/mol. The van der Waals surface area contributed by atoms with Crippen molar-refractivity contribution in [3.63, 3.8) is 0 Å². The van der Waals surface area contributed by atoms with Crippen molar-refractivity contribution in [3.05, 3.63) is 30.1 Å². The van der Waals surface area contributed by atoms with E-state index in [4.69, 9.17) is 5.73 Å². The fourth-order valence-corrected chi connectivity index (χ4v) is 1.55. The first-order valence-corrected chi connectivity index (χ1v) is 5.14. The normalized spacial score (nSPS) is 17.1. The smallest absolute Gasteiger partial charge is 0.227 e. The van der Waals surface area contributed by atoms with Crippen LogP contribution in [-0.4, -0.2) is 17.4 Å². The number of carbonyl (C=O) groups excluding carboxylic acids is 1. The SMILES string of the molecule is NCC1(C(=O)NCc2cccnc2)CC1. The van der Waals surface area contributed by atoms with Gasteiger partial charge in [-0.05, 0) is 24.5 Å². The second-order valence-corrected chi connectivity index (χ2v) is 4.03. The van der Waals surface area contributed by atoms with E-state index < -0.39 is 0 Å². The van der Waals surface area contributed by atoms with Gasteiger partial charge in [-0.1, -0.05) is 6.07 Å². The Morgan fingerprint density at radius 2 is 2.40 bits per heavy atom. The number of aromatic nitrogens is 1. The molecule has 1 saturated carbocycles. The quantitative estimate of drug-likeness (QED) is 0.749. The minimum absolute atomic E-state index is 0.0776. The number of pyridine rings is 1. The maximum absolute atomic E-state index is 11.7. The van der Waals surface area contributed by atoms with E-state index in [-0.39, 0.29) is 11.3 Å². The van der Waals surface area contributed by atoms with Crippen molar-refractivity contribution in [1.82, 2.24) is 10.3 Å². The number of hydrogen-bond acceptors (Lipinski definition) is 3. The lowest BCUT2D eigenvalue weighted by atomic mass is 10.1. The van der Waals surface area contributed by atoms with E-state index in [1.54, 1.807) is 12.4 Å². The molecule has 0 saturated heterocycles. The van der Waals surface area contributed by atoms with Gasteiger partial charge in [0.05, 0.1) is 5.41 Å². The number of carbonyl (C=O) groups is 1. The van der Waals surface area contributed by atoms with Crippen LogP contribution in [0.15, 0.2) is 24.5 Å². The molecule has 80 valence electrons. The molecule has 15 heavy (non-hydrogen) atoms. The topological polar surface area (TPSA) is 68.0 Å². The monoisotopic (exact) mass is 205 g/mol. The summed E-state index contributed by atoms with van der Waals surface area (Å²) in [5.41, 5.74) is 6.32. The van der Waals surface area contributed by atoms with Crippen LogP contribution in [0.3, 0.4) is 0 Å². The van der Waals surface area contributed by atoms with Crippen LogP contribution in [0.4, 0.5) is 0 Å². The Morgan fingerprint density at radius 1 is 1.60 bits per heavy atom. The first-order chi connectivity index (χ1) is 7.27.